The van der Waals surface area contributed by atoms with Gasteiger partial charge in [-0.05, 0) is 46.9 Å². The molecule has 0 N–H and O–H groups in total. The summed E-state index contributed by atoms with van der Waals surface area (Å²) in [6.45, 7) is 6.37. The SMILES string of the molecule is Cc1ccc2ccc(F)cc2c1C(C)C. The molecule has 0 amide bonds. The van der Waals surface area contributed by atoms with E-state index in [0.29, 0.717) is 5.92 Å². The summed E-state index contributed by atoms with van der Waals surface area (Å²) in [7, 11) is 0. The second-order valence-electron chi connectivity index (χ2n) is 4.32. The van der Waals surface area contributed by atoms with Crippen LogP contribution in [0.3, 0.4) is 0 Å². The Morgan fingerprint density at radius 2 is 1.73 bits per heavy atom. The van der Waals surface area contributed by atoms with Crippen molar-refractivity contribution >= 4 is 10.8 Å². The minimum Gasteiger partial charge on any atom is -0.207 e. The molecule has 0 aliphatic heterocycles. The number of hydrogen-bond donors (Lipinski definition) is 0. The molecular formula is C14H15F. The van der Waals surface area contributed by atoms with E-state index in [9.17, 15) is 4.39 Å². The lowest BCUT2D eigenvalue weighted by atomic mass is 9.92. The number of benzene rings is 2. The third-order valence-electron chi connectivity index (χ3n) is 2.82. The Kier molecular flexibility index (Phi) is 2.47. The summed E-state index contributed by atoms with van der Waals surface area (Å²) in [6.07, 6.45) is 0. The van der Waals surface area contributed by atoms with Gasteiger partial charge in [0.1, 0.15) is 5.82 Å². The molecule has 0 unspecified atom stereocenters. The molecule has 0 bridgehead atoms. The fourth-order valence-corrected chi connectivity index (χ4v) is 2.19. The molecule has 78 valence electrons. The van der Waals surface area contributed by atoms with Gasteiger partial charge in [-0.15, -0.1) is 0 Å². The molecule has 0 saturated carbocycles. The van der Waals surface area contributed by atoms with E-state index in [4.69, 9.17) is 0 Å². The molecule has 0 saturated heterocycles. The second kappa shape index (κ2) is 3.65. The average Bonchev–Trinajstić information content (AvgIpc) is 2.16. The van der Waals surface area contributed by atoms with Gasteiger partial charge >= 0.3 is 0 Å². The van der Waals surface area contributed by atoms with E-state index < -0.39 is 0 Å². The second-order valence-corrected chi connectivity index (χ2v) is 4.32. The summed E-state index contributed by atoms with van der Waals surface area (Å²) in [5, 5.41) is 2.16. The van der Waals surface area contributed by atoms with Gasteiger partial charge in [0.15, 0.2) is 0 Å². The fourth-order valence-electron chi connectivity index (χ4n) is 2.19. The molecule has 0 aliphatic carbocycles. The summed E-state index contributed by atoms with van der Waals surface area (Å²) >= 11 is 0. The zero-order chi connectivity index (χ0) is 11.0. The molecule has 2 aromatic carbocycles. The molecule has 2 aromatic rings. The van der Waals surface area contributed by atoms with E-state index >= 15 is 0 Å². The van der Waals surface area contributed by atoms with Gasteiger partial charge in [0.05, 0.1) is 0 Å². The maximum absolute atomic E-state index is 13.2. The molecule has 0 spiro atoms. The van der Waals surface area contributed by atoms with Crippen LogP contribution in [0, 0.1) is 12.7 Å². The standard InChI is InChI=1S/C14H15F/c1-9(2)14-10(3)4-5-11-6-7-12(15)8-13(11)14/h4-9H,1-3H3. The molecular weight excluding hydrogens is 187 g/mol. The van der Waals surface area contributed by atoms with E-state index in [1.54, 1.807) is 6.07 Å². The summed E-state index contributed by atoms with van der Waals surface area (Å²) in [6, 6.07) is 9.15. The highest BCUT2D eigenvalue weighted by molar-refractivity contribution is 5.87. The van der Waals surface area contributed by atoms with Crippen molar-refractivity contribution in [2.75, 3.05) is 0 Å². The Hall–Kier alpha value is -1.37. The van der Waals surface area contributed by atoms with E-state index in [1.165, 1.54) is 17.2 Å². The summed E-state index contributed by atoms with van der Waals surface area (Å²) in [4.78, 5) is 0. The normalized spacial score (nSPS) is 11.3. The van der Waals surface area contributed by atoms with Crippen LogP contribution in [0.15, 0.2) is 30.3 Å². The number of aryl methyl sites for hydroxylation is 1. The first-order valence-corrected chi connectivity index (χ1v) is 5.28. The predicted octanol–water partition coefficient (Wildman–Crippen LogP) is 4.41. The van der Waals surface area contributed by atoms with Crippen LogP contribution in [-0.4, -0.2) is 0 Å². The maximum Gasteiger partial charge on any atom is 0.123 e. The lowest BCUT2D eigenvalue weighted by molar-refractivity contribution is 0.629. The van der Waals surface area contributed by atoms with E-state index in [1.807, 2.05) is 6.07 Å². The fraction of sp³-hybridized carbons (Fsp3) is 0.286. The van der Waals surface area contributed by atoms with Gasteiger partial charge in [-0.3, -0.25) is 0 Å². The quantitative estimate of drug-likeness (QED) is 0.642. The van der Waals surface area contributed by atoms with Crippen molar-refractivity contribution in [3.63, 3.8) is 0 Å². The molecule has 0 aliphatic rings. The van der Waals surface area contributed by atoms with Crippen molar-refractivity contribution in [3.8, 4) is 0 Å². The van der Waals surface area contributed by atoms with Crippen LogP contribution >= 0.6 is 0 Å². The Morgan fingerprint density at radius 3 is 2.40 bits per heavy atom. The van der Waals surface area contributed by atoms with Crippen molar-refractivity contribution in [1.82, 2.24) is 0 Å². The first-order chi connectivity index (χ1) is 7.09. The average molecular weight is 202 g/mol. The third kappa shape index (κ3) is 1.74. The van der Waals surface area contributed by atoms with Gasteiger partial charge in [0.2, 0.25) is 0 Å². The molecule has 0 fully saturated rings. The number of halogens is 1. The monoisotopic (exact) mass is 202 g/mol. The minimum atomic E-state index is -0.157. The first kappa shape index (κ1) is 10.2. The Bertz CT molecular complexity index is 493. The van der Waals surface area contributed by atoms with Gasteiger partial charge in [0.25, 0.3) is 0 Å². The predicted molar refractivity (Wildman–Crippen MR) is 62.7 cm³/mol. The maximum atomic E-state index is 13.2. The van der Waals surface area contributed by atoms with Crippen LogP contribution in [0.25, 0.3) is 10.8 Å². The van der Waals surface area contributed by atoms with Gasteiger partial charge in [-0.1, -0.05) is 32.0 Å². The Morgan fingerprint density at radius 1 is 1.07 bits per heavy atom. The van der Waals surface area contributed by atoms with Crippen molar-refractivity contribution in [2.45, 2.75) is 26.7 Å². The topological polar surface area (TPSA) is 0 Å². The molecule has 0 radical (unpaired) electrons. The van der Waals surface area contributed by atoms with Gasteiger partial charge < -0.3 is 0 Å². The highest BCUT2D eigenvalue weighted by Gasteiger charge is 2.08. The molecule has 15 heavy (non-hydrogen) atoms. The lowest BCUT2D eigenvalue weighted by Gasteiger charge is -2.13. The van der Waals surface area contributed by atoms with Crippen molar-refractivity contribution in [1.29, 1.82) is 0 Å². The number of fused-ring (bicyclic) bond motifs is 1. The molecule has 1 heteroatoms. The van der Waals surface area contributed by atoms with Gasteiger partial charge in [-0.2, -0.15) is 0 Å². The molecule has 0 heterocycles. The summed E-state index contributed by atoms with van der Waals surface area (Å²) < 4.78 is 13.2. The van der Waals surface area contributed by atoms with Gasteiger partial charge in [0, 0.05) is 0 Å². The highest BCUT2D eigenvalue weighted by atomic mass is 19.1. The molecule has 0 nitrogen and oxygen atoms in total. The number of rotatable bonds is 1. The van der Waals surface area contributed by atoms with Crippen LogP contribution in [-0.2, 0) is 0 Å². The highest BCUT2D eigenvalue weighted by Crippen LogP contribution is 2.29. The number of hydrogen-bond acceptors (Lipinski definition) is 0. The summed E-state index contributed by atoms with van der Waals surface area (Å²) in [5.41, 5.74) is 2.50. The van der Waals surface area contributed by atoms with Crippen molar-refractivity contribution < 1.29 is 4.39 Å². The zero-order valence-corrected chi connectivity index (χ0v) is 9.34. The van der Waals surface area contributed by atoms with Crippen LogP contribution in [0.5, 0.6) is 0 Å². The smallest absolute Gasteiger partial charge is 0.123 e. The van der Waals surface area contributed by atoms with E-state index in [0.717, 1.165) is 10.8 Å². The first-order valence-electron chi connectivity index (χ1n) is 5.28. The molecule has 0 atom stereocenters. The van der Waals surface area contributed by atoms with Crippen LogP contribution < -0.4 is 0 Å². The Labute approximate surface area is 89.7 Å². The van der Waals surface area contributed by atoms with Crippen LogP contribution in [0.1, 0.15) is 30.9 Å². The van der Waals surface area contributed by atoms with Crippen LogP contribution in [0.2, 0.25) is 0 Å². The van der Waals surface area contributed by atoms with Gasteiger partial charge in [-0.25, -0.2) is 4.39 Å². The van der Waals surface area contributed by atoms with Crippen molar-refractivity contribution in [2.24, 2.45) is 0 Å². The van der Waals surface area contributed by atoms with E-state index in [-0.39, 0.29) is 5.82 Å². The van der Waals surface area contributed by atoms with Crippen LogP contribution in [0.4, 0.5) is 4.39 Å². The molecule has 2 rings (SSSR count). The van der Waals surface area contributed by atoms with E-state index in [2.05, 4.69) is 32.9 Å². The Balaban J connectivity index is 2.84. The molecule has 0 aromatic heterocycles. The largest absolute Gasteiger partial charge is 0.207 e. The minimum absolute atomic E-state index is 0.157. The summed E-state index contributed by atoms with van der Waals surface area (Å²) in [5.74, 6) is 0.269. The van der Waals surface area contributed by atoms with Crippen molar-refractivity contribution in [3.05, 3.63) is 47.3 Å². The zero-order valence-electron chi connectivity index (χ0n) is 9.34. The lowest BCUT2D eigenvalue weighted by Crippen LogP contribution is -1.94. The third-order valence-corrected chi connectivity index (χ3v) is 2.82.